The lowest BCUT2D eigenvalue weighted by molar-refractivity contribution is -0.692. The molecule has 1 N–H and O–H groups in total. The molecule has 4 heteroatoms. The molecule has 0 saturated heterocycles. The molecule has 0 amide bonds. The van der Waals surface area contributed by atoms with Gasteiger partial charge in [-0.25, -0.2) is 4.57 Å². The third-order valence-electron chi connectivity index (χ3n) is 1.63. The summed E-state index contributed by atoms with van der Waals surface area (Å²) in [6, 6.07) is 3.66. The summed E-state index contributed by atoms with van der Waals surface area (Å²) in [6.07, 6.45) is 3.82. The van der Waals surface area contributed by atoms with Crippen molar-refractivity contribution in [3.63, 3.8) is 0 Å². The number of aromatic nitrogens is 1. The van der Waals surface area contributed by atoms with Crippen LogP contribution in [0.3, 0.4) is 0 Å². The molecule has 13 heavy (non-hydrogen) atoms. The first kappa shape index (κ1) is 10.1. The van der Waals surface area contributed by atoms with Crippen molar-refractivity contribution in [2.75, 3.05) is 5.75 Å². The Balaban J connectivity index is 2.73. The predicted molar refractivity (Wildman–Crippen MR) is 51.8 cm³/mol. The Bertz CT molecular complexity index is 301. The molecule has 0 fully saturated rings. The van der Waals surface area contributed by atoms with E-state index in [-0.39, 0.29) is 6.42 Å². The van der Waals surface area contributed by atoms with E-state index in [1.807, 2.05) is 29.1 Å². The van der Waals surface area contributed by atoms with Gasteiger partial charge in [-0.1, -0.05) is 0 Å². The first-order valence-electron chi connectivity index (χ1n) is 4.03. The molecule has 0 aliphatic heterocycles. The number of hydrogen-bond acceptors (Lipinski definition) is 2. The van der Waals surface area contributed by atoms with Crippen LogP contribution in [0.15, 0.2) is 24.5 Å². The summed E-state index contributed by atoms with van der Waals surface area (Å²) in [5.41, 5.74) is 0.816. The van der Waals surface area contributed by atoms with Crippen LogP contribution in [0.2, 0.25) is 0 Å². The molecule has 0 spiro atoms. The number of hydrogen-bond donors (Lipinski definition) is 2. The van der Waals surface area contributed by atoms with E-state index < -0.39 is 5.97 Å². The minimum atomic E-state index is -0.802. The lowest BCUT2D eigenvalue weighted by Crippen LogP contribution is -2.34. The highest BCUT2D eigenvalue weighted by atomic mass is 32.1. The fraction of sp³-hybridized carbons (Fsp3) is 0.333. The third kappa shape index (κ3) is 3.46. The second-order valence-electron chi connectivity index (χ2n) is 2.74. The van der Waals surface area contributed by atoms with Crippen LogP contribution < -0.4 is 4.57 Å². The zero-order valence-electron chi connectivity index (χ0n) is 7.18. The number of thiol groups is 1. The van der Waals surface area contributed by atoms with Gasteiger partial charge in [-0.2, -0.15) is 12.6 Å². The highest BCUT2D eigenvalue weighted by Gasteiger charge is 2.04. The van der Waals surface area contributed by atoms with Crippen LogP contribution in [0.1, 0.15) is 5.56 Å². The molecule has 1 aromatic heterocycles. The zero-order valence-corrected chi connectivity index (χ0v) is 8.08. The van der Waals surface area contributed by atoms with Gasteiger partial charge >= 0.3 is 5.97 Å². The summed E-state index contributed by atoms with van der Waals surface area (Å²) in [6.45, 7) is 0.802. The van der Waals surface area contributed by atoms with Gasteiger partial charge in [0, 0.05) is 17.4 Å². The summed E-state index contributed by atoms with van der Waals surface area (Å²) in [5.74, 6) is -0.0510. The Morgan fingerprint density at radius 1 is 1.62 bits per heavy atom. The summed E-state index contributed by atoms with van der Waals surface area (Å²) in [4.78, 5) is 10.4. The van der Waals surface area contributed by atoms with Crippen molar-refractivity contribution < 1.29 is 14.5 Å². The van der Waals surface area contributed by atoms with Gasteiger partial charge in [0.2, 0.25) is 0 Å². The number of aliphatic carboxylic acids is 1. The maximum absolute atomic E-state index is 10.4. The Morgan fingerprint density at radius 2 is 2.38 bits per heavy atom. The van der Waals surface area contributed by atoms with Crippen LogP contribution >= 0.6 is 12.6 Å². The van der Waals surface area contributed by atoms with Crippen molar-refractivity contribution in [1.82, 2.24) is 0 Å². The lowest BCUT2D eigenvalue weighted by atomic mass is 10.2. The largest absolute Gasteiger partial charge is 0.481 e. The van der Waals surface area contributed by atoms with Crippen molar-refractivity contribution >= 4 is 18.6 Å². The van der Waals surface area contributed by atoms with E-state index in [1.165, 1.54) is 0 Å². The molecular formula is C9H12NO2S+. The van der Waals surface area contributed by atoms with Crippen molar-refractivity contribution in [3.8, 4) is 0 Å². The Hall–Kier alpha value is -1.03. The van der Waals surface area contributed by atoms with Gasteiger partial charge in [0.15, 0.2) is 18.9 Å². The summed E-state index contributed by atoms with van der Waals surface area (Å²) < 4.78 is 1.94. The van der Waals surface area contributed by atoms with E-state index in [1.54, 1.807) is 0 Å². The van der Waals surface area contributed by atoms with E-state index in [2.05, 4.69) is 12.6 Å². The molecule has 0 atom stereocenters. The van der Waals surface area contributed by atoms with Gasteiger partial charge in [-0.05, 0) is 6.07 Å². The monoisotopic (exact) mass is 198 g/mol. The molecule has 1 heterocycles. The molecule has 0 unspecified atom stereocenters. The highest BCUT2D eigenvalue weighted by Crippen LogP contribution is 1.95. The Kier molecular flexibility index (Phi) is 3.76. The van der Waals surface area contributed by atoms with E-state index >= 15 is 0 Å². The summed E-state index contributed by atoms with van der Waals surface area (Å²) in [7, 11) is 0. The first-order chi connectivity index (χ1) is 6.22. The SMILES string of the molecule is O=C(O)Cc1ccc[n+](CCS)c1. The molecule has 70 valence electrons. The van der Waals surface area contributed by atoms with Crippen LogP contribution in [0.5, 0.6) is 0 Å². The smallest absolute Gasteiger partial charge is 0.308 e. The number of aryl methyl sites for hydroxylation is 1. The Labute approximate surface area is 82.4 Å². The van der Waals surface area contributed by atoms with Crippen LogP contribution in [0.25, 0.3) is 0 Å². The van der Waals surface area contributed by atoms with Gasteiger partial charge in [0.25, 0.3) is 0 Å². The molecule has 0 bridgehead atoms. The second-order valence-corrected chi connectivity index (χ2v) is 3.19. The predicted octanol–water partition coefficient (Wildman–Crippen LogP) is 0.531. The second kappa shape index (κ2) is 4.87. The van der Waals surface area contributed by atoms with E-state index in [4.69, 9.17) is 5.11 Å². The molecule has 0 aliphatic rings. The van der Waals surface area contributed by atoms with E-state index in [0.717, 1.165) is 17.9 Å². The minimum Gasteiger partial charge on any atom is -0.481 e. The average molecular weight is 198 g/mol. The zero-order chi connectivity index (χ0) is 9.68. The maximum Gasteiger partial charge on any atom is 0.308 e. The van der Waals surface area contributed by atoms with Crippen LogP contribution in [0, 0.1) is 0 Å². The average Bonchev–Trinajstić information content (AvgIpc) is 2.04. The minimum absolute atomic E-state index is 0.0768. The number of carboxylic acid groups (broad SMARTS) is 1. The topological polar surface area (TPSA) is 41.2 Å². The molecule has 1 aromatic rings. The standard InChI is InChI=1S/C9H11NO2S/c11-9(12)6-8-2-1-3-10(7-8)4-5-13/h1-3,7H,4-6H2,(H-,11,12,13)/p+1. The third-order valence-corrected chi connectivity index (χ3v) is 1.83. The quantitative estimate of drug-likeness (QED) is 0.547. The first-order valence-corrected chi connectivity index (χ1v) is 4.66. The highest BCUT2D eigenvalue weighted by molar-refractivity contribution is 7.80. The van der Waals surface area contributed by atoms with Gasteiger partial charge in [0.1, 0.15) is 0 Å². The maximum atomic E-state index is 10.4. The van der Waals surface area contributed by atoms with Crippen molar-refractivity contribution in [2.24, 2.45) is 0 Å². The molecule has 0 radical (unpaired) electrons. The van der Waals surface area contributed by atoms with Gasteiger partial charge in [-0.3, -0.25) is 4.79 Å². The fourth-order valence-corrected chi connectivity index (χ4v) is 1.34. The van der Waals surface area contributed by atoms with Crippen molar-refractivity contribution in [1.29, 1.82) is 0 Å². The summed E-state index contributed by atoms with van der Waals surface area (Å²) >= 11 is 4.10. The molecule has 0 saturated carbocycles. The van der Waals surface area contributed by atoms with Gasteiger partial charge in [0.05, 0.1) is 6.42 Å². The number of rotatable bonds is 4. The normalized spacial score (nSPS) is 9.92. The van der Waals surface area contributed by atoms with E-state index in [9.17, 15) is 4.79 Å². The fourth-order valence-electron chi connectivity index (χ4n) is 1.11. The molecule has 0 aliphatic carbocycles. The molecule has 1 rings (SSSR count). The number of carbonyl (C=O) groups is 1. The number of pyridine rings is 1. The van der Waals surface area contributed by atoms with Gasteiger partial charge in [-0.15, -0.1) is 0 Å². The lowest BCUT2D eigenvalue weighted by Gasteiger charge is -1.96. The Morgan fingerprint density at radius 3 is 3.00 bits per heavy atom. The van der Waals surface area contributed by atoms with Crippen LogP contribution in [-0.4, -0.2) is 16.8 Å². The van der Waals surface area contributed by atoms with E-state index in [0.29, 0.717) is 0 Å². The van der Waals surface area contributed by atoms with Gasteiger partial charge < -0.3 is 5.11 Å². The van der Waals surface area contributed by atoms with Crippen molar-refractivity contribution in [3.05, 3.63) is 30.1 Å². The van der Waals surface area contributed by atoms with Crippen LogP contribution in [-0.2, 0) is 17.8 Å². The summed E-state index contributed by atoms with van der Waals surface area (Å²) in [5, 5.41) is 8.56. The van der Waals surface area contributed by atoms with Crippen LogP contribution in [0.4, 0.5) is 0 Å². The molecule has 3 nitrogen and oxygen atoms in total. The van der Waals surface area contributed by atoms with Crippen molar-refractivity contribution in [2.45, 2.75) is 13.0 Å². The molecular weight excluding hydrogens is 186 g/mol. The molecule has 0 aromatic carbocycles. The number of nitrogens with zero attached hydrogens (tertiary/aromatic N) is 1. The number of carboxylic acids is 1.